The molecule has 15 heavy (non-hydrogen) atoms. The second-order valence-electron chi connectivity index (χ2n) is 3.80. The lowest BCUT2D eigenvalue weighted by atomic mass is 10.0. The van der Waals surface area contributed by atoms with Gasteiger partial charge in [0, 0.05) is 26.3 Å². The van der Waals surface area contributed by atoms with Crippen LogP contribution in [0.15, 0.2) is 0 Å². The Bertz CT molecular complexity index is 199. The average Bonchev–Trinajstić information content (AvgIpc) is 2.64. The predicted molar refractivity (Wildman–Crippen MR) is 56.4 cm³/mol. The number of hydrogen-bond acceptors (Lipinski definition) is 4. The topological polar surface area (TPSA) is 73.6 Å². The first-order valence-corrected chi connectivity index (χ1v) is 5.35. The second kappa shape index (κ2) is 6.76. The number of ether oxygens (including phenoxy) is 2. The maximum atomic E-state index is 11.6. The minimum Gasteiger partial charge on any atom is -0.385 e. The summed E-state index contributed by atoms with van der Waals surface area (Å²) < 4.78 is 10.0. The Morgan fingerprint density at radius 2 is 2.33 bits per heavy atom. The lowest BCUT2D eigenvalue weighted by molar-refractivity contribution is -0.125. The minimum atomic E-state index is -0.174. The Morgan fingerprint density at radius 3 is 2.93 bits per heavy atom. The molecule has 5 nitrogen and oxygen atoms in total. The van der Waals surface area contributed by atoms with Gasteiger partial charge in [-0.1, -0.05) is 0 Å². The van der Waals surface area contributed by atoms with Crippen molar-refractivity contribution in [3.63, 3.8) is 0 Å². The van der Waals surface area contributed by atoms with Gasteiger partial charge in [0.05, 0.1) is 19.1 Å². The monoisotopic (exact) mass is 216 g/mol. The van der Waals surface area contributed by atoms with E-state index in [1.165, 1.54) is 0 Å². The van der Waals surface area contributed by atoms with Gasteiger partial charge >= 0.3 is 0 Å². The largest absolute Gasteiger partial charge is 0.385 e. The fourth-order valence-electron chi connectivity index (χ4n) is 1.56. The third kappa shape index (κ3) is 4.15. The predicted octanol–water partition coefficient (Wildman–Crippen LogP) is -0.497. The number of unbranched alkanes of at least 4 members (excludes halogenated alkanes) is 1. The zero-order chi connectivity index (χ0) is 11.1. The van der Waals surface area contributed by atoms with Crippen LogP contribution < -0.4 is 11.1 Å². The first-order valence-electron chi connectivity index (χ1n) is 5.35. The van der Waals surface area contributed by atoms with Crippen molar-refractivity contribution >= 4 is 5.91 Å². The average molecular weight is 216 g/mol. The van der Waals surface area contributed by atoms with Gasteiger partial charge in [-0.25, -0.2) is 0 Å². The van der Waals surface area contributed by atoms with E-state index in [-0.39, 0.29) is 17.9 Å². The van der Waals surface area contributed by atoms with E-state index in [1.54, 1.807) is 7.11 Å². The van der Waals surface area contributed by atoms with Gasteiger partial charge in [0.15, 0.2) is 0 Å². The van der Waals surface area contributed by atoms with E-state index in [4.69, 9.17) is 15.2 Å². The van der Waals surface area contributed by atoms with Gasteiger partial charge in [0.2, 0.25) is 5.91 Å². The number of methoxy groups -OCH3 is 1. The third-order valence-corrected chi connectivity index (χ3v) is 2.54. The third-order valence-electron chi connectivity index (χ3n) is 2.54. The van der Waals surface area contributed by atoms with E-state index < -0.39 is 0 Å². The summed E-state index contributed by atoms with van der Waals surface area (Å²) in [5, 5.41) is 2.86. The van der Waals surface area contributed by atoms with E-state index in [9.17, 15) is 4.79 Å². The molecule has 0 radical (unpaired) electrons. The fraction of sp³-hybridized carbons (Fsp3) is 0.900. The molecule has 1 heterocycles. The molecule has 0 aromatic carbocycles. The van der Waals surface area contributed by atoms with Crippen LogP contribution in [0, 0.1) is 5.92 Å². The molecule has 1 saturated heterocycles. The number of hydrogen-bond donors (Lipinski definition) is 2. The van der Waals surface area contributed by atoms with Crippen LogP contribution in [-0.4, -0.2) is 45.4 Å². The highest BCUT2D eigenvalue weighted by molar-refractivity contribution is 5.79. The number of rotatable bonds is 6. The number of nitrogens with two attached hydrogens (primary N) is 1. The van der Waals surface area contributed by atoms with E-state index >= 15 is 0 Å². The normalized spacial score (nSPS) is 25.5. The van der Waals surface area contributed by atoms with Crippen molar-refractivity contribution in [3.8, 4) is 0 Å². The van der Waals surface area contributed by atoms with Crippen LogP contribution >= 0.6 is 0 Å². The van der Waals surface area contributed by atoms with Crippen LogP contribution in [0.3, 0.4) is 0 Å². The van der Waals surface area contributed by atoms with Crippen molar-refractivity contribution in [2.45, 2.75) is 18.9 Å². The summed E-state index contributed by atoms with van der Waals surface area (Å²) in [4.78, 5) is 11.6. The van der Waals surface area contributed by atoms with Crippen molar-refractivity contribution in [3.05, 3.63) is 0 Å². The molecule has 2 unspecified atom stereocenters. The summed E-state index contributed by atoms with van der Waals surface area (Å²) >= 11 is 0. The summed E-state index contributed by atoms with van der Waals surface area (Å²) in [6.07, 6.45) is 1.90. The molecule has 1 fully saturated rings. The van der Waals surface area contributed by atoms with Crippen molar-refractivity contribution in [2.24, 2.45) is 11.7 Å². The Balaban J connectivity index is 2.08. The van der Waals surface area contributed by atoms with Gasteiger partial charge in [0.1, 0.15) is 0 Å². The van der Waals surface area contributed by atoms with Crippen LogP contribution in [0.4, 0.5) is 0 Å². The highest BCUT2D eigenvalue weighted by Crippen LogP contribution is 2.11. The summed E-state index contributed by atoms with van der Waals surface area (Å²) in [7, 11) is 1.67. The Morgan fingerprint density at radius 1 is 1.53 bits per heavy atom. The van der Waals surface area contributed by atoms with Crippen LogP contribution in [0.2, 0.25) is 0 Å². The number of carbonyl (C=O) groups excluding carboxylic acids is 1. The molecule has 88 valence electrons. The maximum Gasteiger partial charge on any atom is 0.227 e. The van der Waals surface area contributed by atoms with Crippen molar-refractivity contribution in [1.29, 1.82) is 0 Å². The fourth-order valence-corrected chi connectivity index (χ4v) is 1.56. The number of nitrogens with one attached hydrogen (secondary N) is 1. The van der Waals surface area contributed by atoms with Crippen molar-refractivity contribution in [2.75, 3.05) is 33.5 Å². The summed E-state index contributed by atoms with van der Waals surface area (Å²) in [5.74, 6) is -0.162. The highest BCUT2D eigenvalue weighted by Gasteiger charge is 2.30. The van der Waals surface area contributed by atoms with Gasteiger partial charge in [-0.15, -0.1) is 0 Å². The molecule has 0 spiro atoms. The first kappa shape index (κ1) is 12.4. The maximum absolute atomic E-state index is 11.6. The summed E-state index contributed by atoms with van der Waals surface area (Å²) in [6, 6.07) is -0.149. The minimum absolute atomic E-state index is 0.0115. The quantitative estimate of drug-likeness (QED) is 0.587. The van der Waals surface area contributed by atoms with Gasteiger partial charge in [0.25, 0.3) is 0 Å². The van der Waals surface area contributed by atoms with Gasteiger partial charge in [-0.05, 0) is 12.8 Å². The van der Waals surface area contributed by atoms with Crippen LogP contribution in [0.25, 0.3) is 0 Å². The van der Waals surface area contributed by atoms with Crippen molar-refractivity contribution in [1.82, 2.24) is 5.32 Å². The molecule has 1 amide bonds. The summed E-state index contributed by atoms with van der Waals surface area (Å²) in [6.45, 7) is 2.36. The molecular weight excluding hydrogens is 196 g/mol. The molecule has 5 heteroatoms. The smallest absolute Gasteiger partial charge is 0.227 e. The Kier molecular flexibility index (Phi) is 5.60. The molecule has 0 aliphatic carbocycles. The Hall–Kier alpha value is -0.650. The zero-order valence-corrected chi connectivity index (χ0v) is 9.20. The van der Waals surface area contributed by atoms with Crippen molar-refractivity contribution < 1.29 is 14.3 Å². The van der Waals surface area contributed by atoms with Gasteiger partial charge < -0.3 is 20.5 Å². The second-order valence-corrected chi connectivity index (χ2v) is 3.80. The molecule has 1 aliphatic heterocycles. The molecular formula is C10H20N2O3. The lowest BCUT2D eigenvalue weighted by Crippen LogP contribution is -2.41. The van der Waals surface area contributed by atoms with Crippen LogP contribution in [0.1, 0.15) is 12.8 Å². The number of carbonyl (C=O) groups is 1. The van der Waals surface area contributed by atoms with E-state index in [0.29, 0.717) is 19.8 Å². The first-order chi connectivity index (χ1) is 7.25. The van der Waals surface area contributed by atoms with Gasteiger partial charge in [-0.3, -0.25) is 4.79 Å². The Labute approximate surface area is 90.3 Å². The van der Waals surface area contributed by atoms with E-state index in [0.717, 1.165) is 19.4 Å². The standard InChI is InChI=1S/C10H20N2O3/c1-14-5-3-2-4-12-10(13)8-6-15-7-9(8)11/h8-9H,2-7,11H2,1H3,(H,12,13). The highest BCUT2D eigenvalue weighted by atomic mass is 16.5. The van der Waals surface area contributed by atoms with Crippen LogP contribution in [0.5, 0.6) is 0 Å². The molecule has 1 rings (SSSR count). The molecule has 0 bridgehead atoms. The lowest BCUT2D eigenvalue weighted by Gasteiger charge is -2.12. The van der Waals surface area contributed by atoms with Gasteiger partial charge in [-0.2, -0.15) is 0 Å². The molecule has 2 atom stereocenters. The molecule has 3 N–H and O–H groups in total. The van der Waals surface area contributed by atoms with E-state index in [2.05, 4.69) is 5.32 Å². The SMILES string of the molecule is COCCCCNC(=O)C1COCC1N. The summed E-state index contributed by atoms with van der Waals surface area (Å²) in [5.41, 5.74) is 5.73. The molecule has 0 saturated carbocycles. The van der Waals surface area contributed by atoms with E-state index in [1.807, 2.05) is 0 Å². The molecule has 0 aromatic heterocycles. The molecule has 0 aromatic rings. The van der Waals surface area contributed by atoms with Crippen LogP contribution in [-0.2, 0) is 14.3 Å². The molecule has 1 aliphatic rings. The zero-order valence-electron chi connectivity index (χ0n) is 9.20. The number of amides is 1.